The number of methoxy groups -OCH3 is 1. The fraction of sp³-hybridized carbons (Fsp3) is 0.579. The second-order valence-electron chi connectivity index (χ2n) is 6.19. The van der Waals surface area contributed by atoms with E-state index in [0.717, 1.165) is 11.5 Å². The van der Waals surface area contributed by atoms with Crippen LogP contribution in [0.4, 0.5) is 0 Å². The molecule has 0 N–H and O–H groups in total. The van der Waals surface area contributed by atoms with Gasteiger partial charge in [-0.05, 0) is 45.4 Å². The summed E-state index contributed by atoms with van der Waals surface area (Å²) in [6, 6.07) is 8.01. The Morgan fingerprint density at radius 3 is 2.40 bits per heavy atom. The second-order valence-corrected chi connectivity index (χ2v) is 7.82. The molecule has 25 heavy (non-hydrogen) atoms. The molecule has 0 saturated heterocycles. The first-order chi connectivity index (χ1) is 12.0. The Morgan fingerprint density at radius 1 is 1.12 bits per heavy atom. The molecule has 1 aliphatic heterocycles. The third-order valence-electron chi connectivity index (χ3n) is 3.91. The van der Waals surface area contributed by atoms with Crippen molar-refractivity contribution >= 4 is 23.6 Å². The summed E-state index contributed by atoms with van der Waals surface area (Å²) < 4.78 is 16.4. The fourth-order valence-electron chi connectivity index (χ4n) is 2.52. The molecule has 1 atom stereocenters. The van der Waals surface area contributed by atoms with Crippen LogP contribution in [0.3, 0.4) is 0 Å². The smallest absolute Gasteiger partial charge is 0.210 e. The Balaban J connectivity index is 2.09. The van der Waals surface area contributed by atoms with Crippen molar-refractivity contribution in [1.82, 2.24) is 0 Å². The van der Waals surface area contributed by atoms with Crippen LogP contribution in [0.1, 0.15) is 33.3 Å². The minimum atomic E-state index is -0.170. The van der Waals surface area contributed by atoms with E-state index in [1.165, 1.54) is 5.56 Å². The van der Waals surface area contributed by atoms with Crippen molar-refractivity contribution in [2.24, 2.45) is 9.98 Å². The summed E-state index contributed by atoms with van der Waals surface area (Å²) in [6.45, 7) is 9.94. The van der Waals surface area contributed by atoms with E-state index in [-0.39, 0.29) is 10.8 Å². The molecule has 0 aliphatic carbocycles. The summed E-state index contributed by atoms with van der Waals surface area (Å²) >= 11 is 1.84. The summed E-state index contributed by atoms with van der Waals surface area (Å²) in [7, 11) is 1.68. The van der Waals surface area contributed by atoms with Crippen LogP contribution >= 0.6 is 11.8 Å². The quantitative estimate of drug-likeness (QED) is 0.735. The standard InChI is InChI=1S/C19H28N2O3S/c1-6-23-16-12-20-18(24-7-2)17(21-16)19(3,4)25-13-14-8-10-15(22-5)11-9-14/h8-11,17H,6-7,12-13H2,1-5H3/t17-/m0/s1. The molecule has 0 amide bonds. The average molecular weight is 365 g/mol. The molecule has 0 radical (unpaired) electrons. The van der Waals surface area contributed by atoms with Gasteiger partial charge in [-0.3, -0.25) is 0 Å². The molecule has 1 aliphatic rings. The number of nitrogens with zero attached hydrogens (tertiary/aromatic N) is 2. The molecule has 0 spiro atoms. The molecule has 138 valence electrons. The van der Waals surface area contributed by atoms with Gasteiger partial charge >= 0.3 is 0 Å². The molecule has 0 unspecified atom stereocenters. The lowest BCUT2D eigenvalue weighted by Crippen LogP contribution is -2.43. The van der Waals surface area contributed by atoms with Crippen molar-refractivity contribution in [2.45, 2.75) is 44.2 Å². The number of hydrogen-bond acceptors (Lipinski definition) is 6. The van der Waals surface area contributed by atoms with Crippen LogP contribution in [0.15, 0.2) is 34.3 Å². The Morgan fingerprint density at radius 2 is 1.80 bits per heavy atom. The zero-order valence-corrected chi connectivity index (χ0v) is 16.6. The summed E-state index contributed by atoms with van der Waals surface area (Å²) in [5, 5.41) is 0. The maximum absolute atomic E-state index is 5.75. The highest BCUT2D eigenvalue weighted by atomic mass is 32.2. The molecule has 1 aromatic carbocycles. The number of aliphatic imine (C=N–C) groups is 2. The van der Waals surface area contributed by atoms with E-state index in [2.05, 4.69) is 31.0 Å². The highest BCUT2D eigenvalue weighted by Crippen LogP contribution is 2.35. The van der Waals surface area contributed by atoms with Gasteiger partial charge in [-0.2, -0.15) is 0 Å². The van der Waals surface area contributed by atoms with Crippen molar-refractivity contribution < 1.29 is 14.2 Å². The molecule has 6 heteroatoms. The van der Waals surface area contributed by atoms with Gasteiger partial charge in [0.05, 0.1) is 20.3 Å². The van der Waals surface area contributed by atoms with Crippen molar-refractivity contribution in [3.8, 4) is 5.75 Å². The molecule has 0 saturated carbocycles. The summed E-state index contributed by atoms with van der Waals surface area (Å²) in [5.41, 5.74) is 1.25. The molecular weight excluding hydrogens is 336 g/mol. The van der Waals surface area contributed by atoms with Gasteiger partial charge in [-0.1, -0.05) is 12.1 Å². The topological polar surface area (TPSA) is 52.4 Å². The maximum atomic E-state index is 5.75. The van der Waals surface area contributed by atoms with Crippen molar-refractivity contribution in [3.05, 3.63) is 29.8 Å². The Kier molecular flexibility index (Phi) is 7.17. The summed E-state index contributed by atoms with van der Waals surface area (Å²) in [5.74, 6) is 3.15. The highest BCUT2D eigenvalue weighted by Gasteiger charge is 2.37. The van der Waals surface area contributed by atoms with E-state index >= 15 is 0 Å². The van der Waals surface area contributed by atoms with Gasteiger partial charge < -0.3 is 14.2 Å². The Hall–Kier alpha value is -1.69. The molecule has 2 rings (SSSR count). The number of thioether (sulfide) groups is 1. The minimum Gasteiger partial charge on any atom is -0.497 e. The van der Waals surface area contributed by atoms with Crippen LogP contribution in [0, 0.1) is 0 Å². The monoisotopic (exact) mass is 364 g/mol. The van der Waals surface area contributed by atoms with E-state index in [0.29, 0.717) is 31.6 Å². The predicted octanol–water partition coefficient (Wildman–Crippen LogP) is 3.96. The van der Waals surface area contributed by atoms with E-state index in [9.17, 15) is 0 Å². The van der Waals surface area contributed by atoms with Gasteiger partial charge in [0.1, 0.15) is 18.3 Å². The third kappa shape index (κ3) is 5.39. The number of hydrogen-bond donors (Lipinski definition) is 0. The van der Waals surface area contributed by atoms with Crippen LogP contribution in [0.5, 0.6) is 5.75 Å². The van der Waals surface area contributed by atoms with Crippen LogP contribution in [0.2, 0.25) is 0 Å². The van der Waals surface area contributed by atoms with Gasteiger partial charge in [0.15, 0.2) is 0 Å². The van der Waals surface area contributed by atoms with Crippen LogP contribution in [-0.2, 0) is 15.2 Å². The first kappa shape index (κ1) is 19.6. The predicted molar refractivity (Wildman–Crippen MR) is 105 cm³/mol. The van der Waals surface area contributed by atoms with Gasteiger partial charge in [-0.25, -0.2) is 9.98 Å². The SMILES string of the molecule is CCOC1=N[C@H](C(C)(C)SCc2ccc(OC)cc2)C(OCC)=NC1. The lowest BCUT2D eigenvalue weighted by atomic mass is 10.0. The van der Waals surface area contributed by atoms with Crippen molar-refractivity contribution in [1.29, 1.82) is 0 Å². The molecule has 1 heterocycles. The summed E-state index contributed by atoms with van der Waals surface area (Å²) in [6.07, 6.45) is 0. The lowest BCUT2D eigenvalue weighted by molar-refractivity contribution is 0.288. The maximum Gasteiger partial charge on any atom is 0.210 e. The summed E-state index contributed by atoms with van der Waals surface area (Å²) in [4.78, 5) is 9.33. The van der Waals surface area contributed by atoms with Crippen molar-refractivity contribution in [2.75, 3.05) is 26.9 Å². The van der Waals surface area contributed by atoms with Gasteiger partial charge in [0.25, 0.3) is 0 Å². The highest BCUT2D eigenvalue weighted by molar-refractivity contribution is 7.99. The van der Waals surface area contributed by atoms with Crippen LogP contribution < -0.4 is 4.74 Å². The zero-order chi connectivity index (χ0) is 18.3. The molecule has 0 fully saturated rings. The first-order valence-corrected chi connectivity index (χ1v) is 9.62. The minimum absolute atomic E-state index is 0.147. The average Bonchev–Trinajstić information content (AvgIpc) is 2.62. The number of rotatable bonds is 7. The van der Waals surface area contributed by atoms with Gasteiger partial charge in [0.2, 0.25) is 11.8 Å². The van der Waals surface area contributed by atoms with E-state index < -0.39 is 0 Å². The molecule has 0 bridgehead atoms. The fourth-order valence-corrected chi connectivity index (χ4v) is 3.56. The Bertz CT molecular complexity index is 612. The zero-order valence-electron chi connectivity index (χ0n) is 15.7. The van der Waals surface area contributed by atoms with Gasteiger partial charge in [-0.15, -0.1) is 11.8 Å². The Labute approximate surface area is 154 Å². The van der Waals surface area contributed by atoms with Crippen LogP contribution in [-0.4, -0.2) is 49.5 Å². The molecule has 1 aromatic rings. The first-order valence-electron chi connectivity index (χ1n) is 8.63. The van der Waals surface area contributed by atoms with E-state index in [1.807, 2.05) is 37.7 Å². The number of benzene rings is 1. The van der Waals surface area contributed by atoms with E-state index in [4.69, 9.17) is 19.2 Å². The van der Waals surface area contributed by atoms with Crippen molar-refractivity contribution in [3.63, 3.8) is 0 Å². The number of ether oxygens (including phenoxy) is 3. The van der Waals surface area contributed by atoms with Crippen LogP contribution in [0.25, 0.3) is 0 Å². The lowest BCUT2D eigenvalue weighted by Gasteiger charge is -2.33. The van der Waals surface area contributed by atoms with Gasteiger partial charge in [0, 0.05) is 10.5 Å². The molecule has 5 nitrogen and oxygen atoms in total. The second kappa shape index (κ2) is 9.13. The normalized spacial score (nSPS) is 17.6. The molecular formula is C19H28N2O3S. The van der Waals surface area contributed by atoms with E-state index in [1.54, 1.807) is 7.11 Å². The molecule has 0 aromatic heterocycles. The largest absolute Gasteiger partial charge is 0.497 e. The third-order valence-corrected chi connectivity index (χ3v) is 5.35.